The van der Waals surface area contributed by atoms with Gasteiger partial charge in [0.2, 0.25) is 5.91 Å². The van der Waals surface area contributed by atoms with Gasteiger partial charge in [-0.3, -0.25) is 9.59 Å². The van der Waals surface area contributed by atoms with E-state index in [2.05, 4.69) is 12.2 Å². The largest absolute Gasteiger partial charge is 0.449 e. The number of nitrogens with one attached hydrogen (secondary N) is 1. The monoisotopic (exact) mass is 408 g/mol. The predicted octanol–water partition coefficient (Wildman–Crippen LogP) is 3.67. The Labute approximate surface area is 177 Å². The summed E-state index contributed by atoms with van der Waals surface area (Å²) >= 11 is 0. The summed E-state index contributed by atoms with van der Waals surface area (Å²) < 4.78 is 5.36. The Morgan fingerprint density at radius 3 is 2.57 bits per heavy atom. The molecule has 158 valence electrons. The third kappa shape index (κ3) is 5.26. The lowest BCUT2D eigenvalue weighted by Gasteiger charge is -2.19. The van der Waals surface area contributed by atoms with Gasteiger partial charge < -0.3 is 15.0 Å². The van der Waals surface area contributed by atoms with Crippen molar-refractivity contribution < 1.29 is 19.1 Å². The molecule has 0 saturated carbocycles. The molecule has 0 unspecified atom stereocenters. The van der Waals surface area contributed by atoms with Crippen molar-refractivity contribution in [3.8, 4) is 0 Å². The number of rotatable bonds is 8. The number of anilines is 1. The summed E-state index contributed by atoms with van der Waals surface area (Å²) in [5.74, 6) is -0.658. The van der Waals surface area contributed by atoms with Crippen LogP contribution in [0.4, 0.5) is 5.69 Å². The lowest BCUT2D eigenvalue weighted by Crippen LogP contribution is -2.38. The van der Waals surface area contributed by atoms with Crippen molar-refractivity contribution in [3.05, 3.63) is 65.7 Å². The topological polar surface area (TPSA) is 75.7 Å². The maximum atomic E-state index is 12.5. The molecule has 1 saturated heterocycles. The number of benzene rings is 2. The first kappa shape index (κ1) is 21.6. The highest BCUT2D eigenvalue weighted by Gasteiger charge is 2.24. The molecule has 0 bridgehead atoms. The van der Waals surface area contributed by atoms with Gasteiger partial charge in [-0.1, -0.05) is 43.3 Å². The summed E-state index contributed by atoms with van der Waals surface area (Å²) in [5, 5.41) is 2.88. The van der Waals surface area contributed by atoms with Gasteiger partial charge in [0, 0.05) is 31.1 Å². The molecular weight excluding hydrogens is 380 g/mol. The van der Waals surface area contributed by atoms with Gasteiger partial charge in [0.1, 0.15) is 0 Å². The van der Waals surface area contributed by atoms with E-state index in [0.717, 1.165) is 12.8 Å². The molecule has 0 spiro atoms. The number of carbonyl (C=O) groups excluding carboxylic acids is 3. The molecule has 1 heterocycles. The fourth-order valence-corrected chi connectivity index (χ4v) is 3.59. The molecule has 0 radical (unpaired) electrons. The van der Waals surface area contributed by atoms with Gasteiger partial charge in [-0.05, 0) is 43.5 Å². The van der Waals surface area contributed by atoms with E-state index in [-0.39, 0.29) is 17.7 Å². The number of nitrogens with zero attached hydrogens (tertiary/aromatic N) is 1. The third-order valence-electron chi connectivity index (χ3n) is 5.41. The van der Waals surface area contributed by atoms with Gasteiger partial charge in [-0.15, -0.1) is 0 Å². The lowest BCUT2D eigenvalue weighted by molar-refractivity contribution is -0.129. The second-order valence-electron chi connectivity index (χ2n) is 7.51. The van der Waals surface area contributed by atoms with Crippen LogP contribution in [0.2, 0.25) is 0 Å². The van der Waals surface area contributed by atoms with Gasteiger partial charge in [-0.2, -0.15) is 0 Å². The summed E-state index contributed by atoms with van der Waals surface area (Å²) in [4.78, 5) is 38.6. The zero-order valence-corrected chi connectivity index (χ0v) is 17.5. The average molecular weight is 408 g/mol. The smallest absolute Gasteiger partial charge is 0.338 e. The van der Waals surface area contributed by atoms with Crippen molar-refractivity contribution in [2.24, 2.45) is 0 Å². The molecule has 2 aromatic carbocycles. The third-order valence-corrected chi connectivity index (χ3v) is 5.41. The van der Waals surface area contributed by atoms with Crippen molar-refractivity contribution in [2.45, 2.75) is 45.1 Å². The van der Waals surface area contributed by atoms with Gasteiger partial charge >= 0.3 is 5.97 Å². The predicted molar refractivity (Wildman–Crippen MR) is 115 cm³/mol. The number of hydrogen-bond acceptors (Lipinski definition) is 4. The Morgan fingerprint density at radius 2 is 1.90 bits per heavy atom. The maximum absolute atomic E-state index is 12.5. The minimum absolute atomic E-state index is 0.0529. The summed E-state index contributed by atoms with van der Waals surface area (Å²) in [5.41, 5.74) is 2.17. The molecule has 2 aromatic rings. The second-order valence-corrected chi connectivity index (χ2v) is 7.51. The Morgan fingerprint density at radius 1 is 1.13 bits per heavy atom. The molecule has 1 N–H and O–H groups in total. The van der Waals surface area contributed by atoms with Crippen molar-refractivity contribution >= 4 is 23.5 Å². The minimum atomic E-state index is -0.914. The summed E-state index contributed by atoms with van der Waals surface area (Å²) in [6.07, 6.45) is 1.31. The van der Waals surface area contributed by atoms with Gasteiger partial charge in [0.05, 0.1) is 5.56 Å². The normalized spacial score (nSPS) is 15.5. The van der Waals surface area contributed by atoms with Crippen LogP contribution in [0.3, 0.4) is 0 Å². The highest BCUT2D eigenvalue weighted by atomic mass is 16.5. The molecule has 2 atom stereocenters. The molecule has 0 aliphatic carbocycles. The van der Waals surface area contributed by atoms with Crippen LogP contribution >= 0.6 is 0 Å². The SMILES string of the molecule is CC[C@H](CNC(=O)[C@H](C)OC(=O)c1cccc(N2CCCC2=O)c1)c1ccccc1. The Balaban J connectivity index is 1.56. The summed E-state index contributed by atoms with van der Waals surface area (Å²) in [7, 11) is 0. The van der Waals surface area contributed by atoms with Crippen LogP contribution < -0.4 is 10.2 Å². The van der Waals surface area contributed by atoms with Crippen molar-refractivity contribution in [2.75, 3.05) is 18.0 Å². The Bertz CT molecular complexity index is 897. The number of amides is 2. The summed E-state index contributed by atoms with van der Waals surface area (Å²) in [6.45, 7) is 4.76. The first-order valence-corrected chi connectivity index (χ1v) is 10.4. The van der Waals surface area contributed by atoms with Gasteiger partial charge in [-0.25, -0.2) is 4.79 Å². The highest BCUT2D eigenvalue weighted by Crippen LogP contribution is 2.23. The van der Waals surface area contributed by atoms with Gasteiger partial charge in [0.15, 0.2) is 6.10 Å². The highest BCUT2D eigenvalue weighted by molar-refractivity contribution is 5.98. The molecule has 1 aliphatic rings. The Kier molecular flexibility index (Phi) is 7.22. The van der Waals surface area contributed by atoms with Crippen LogP contribution in [-0.4, -0.2) is 37.0 Å². The van der Waals surface area contributed by atoms with E-state index < -0.39 is 12.1 Å². The number of esters is 1. The molecule has 1 aliphatic heterocycles. The van der Waals surface area contributed by atoms with Crippen molar-refractivity contribution in [1.82, 2.24) is 5.32 Å². The molecule has 0 aromatic heterocycles. The van der Waals surface area contributed by atoms with Gasteiger partial charge in [0.25, 0.3) is 5.91 Å². The van der Waals surface area contributed by atoms with E-state index in [0.29, 0.717) is 30.8 Å². The quantitative estimate of drug-likeness (QED) is 0.676. The van der Waals surface area contributed by atoms with Crippen LogP contribution in [0.5, 0.6) is 0 Å². The number of carbonyl (C=O) groups is 3. The van der Waals surface area contributed by atoms with E-state index >= 15 is 0 Å². The molecule has 6 heteroatoms. The molecule has 2 amide bonds. The molecule has 3 rings (SSSR count). The van der Waals surface area contributed by atoms with Crippen LogP contribution in [-0.2, 0) is 14.3 Å². The standard InChI is InChI=1S/C24H28N2O4/c1-3-18(19-9-5-4-6-10-19)16-25-23(28)17(2)30-24(29)20-11-7-12-21(15-20)26-14-8-13-22(26)27/h4-7,9-12,15,17-18H,3,8,13-14,16H2,1-2H3,(H,25,28)/t17-,18+/m0/s1. The first-order valence-electron chi connectivity index (χ1n) is 10.4. The minimum Gasteiger partial charge on any atom is -0.449 e. The Hall–Kier alpha value is -3.15. The molecule has 6 nitrogen and oxygen atoms in total. The zero-order chi connectivity index (χ0) is 21.5. The first-order chi connectivity index (χ1) is 14.5. The lowest BCUT2D eigenvalue weighted by atomic mass is 9.96. The van der Waals surface area contributed by atoms with E-state index in [1.54, 1.807) is 36.1 Å². The van der Waals surface area contributed by atoms with Crippen LogP contribution in [0.25, 0.3) is 0 Å². The molecule has 1 fully saturated rings. The summed E-state index contributed by atoms with van der Waals surface area (Å²) in [6, 6.07) is 16.8. The van der Waals surface area contributed by atoms with Crippen LogP contribution in [0, 0.1) is 0 Å². The number of hydrogen-bond donors (Lipinski definition) is 1. The van der Waals surface area contributed by atoms with Crippen molar-refractivity contribution in [3.63, 3.8) is 0 Å². The zero-order valence-electron chi connectivity index (χ0n) is 17.5. The molecular formula is C24H28N2O4. The average Bonchev–Trinajstić information content (AvgIpc) is 3.20. The number of ether oxygens (including phenoxy) is 1. The van der Waals surface area contributed by atoms with E-state index in [1.807, 2.05) is 30.3 Å². The van der Waals surface area contributed by atoms with E-state index in [9.17, 15) is 14.4 Å². The van der Waals surface area contributed by atoms with Crippen molar-refractivity contribution in [1.29, 1.82) is 0 Å². The van der Waals surface area contributed by atoms with Crippen LogP contribution in [0.1, 0.15) is 54.9 Å². The van der Waals surface area contributed by atoms with Crippen LogP contribution in [0.15, 0.2) is 54.6 Å². The fourth-order valence-electron chi connectivity index (χ4n) is 3.59. The fraction of sp³-hybridized carbons (Fsp3) is 0.375. The molecule has 30 heavy (non-hydrogen) atoms. The maximum Gasteiger partial charge on any atom is 0.338 e. The second kappa shape index (κ2) is 10.1. The van der Waals surface area contributed by atoms with E-state index in [1.165, 1.54) is 5.56 Å². The van der Waals surface area contributed by atoms with E-state index in [4.69, 9.17) is 4.74 Å².